The Hall–Kier alpha value is -2.08. The van der Waals surface area contributed by atoms with Crippen molar-refractivity contribution in [2.24, 2.45) is 11.8 Å². The monoisotopic (exact) mass is 408 g/mol. The average Bonchev–Trinajstić information content (AvgIpc) is 3.29. The summed E-state index contributed by atoms with van der Waals surface area (Å²) < 4.78 is 24.2. The fourth-order valence-electron chi connectivity index (χ4n) is 2.61. The number of hydrogen-bond donors (Lipinski definition) is 0. The standard InChI is InChI=1S/C17H13ClN2O4S2/c1-26(23,24)12-5-4-10(14(18)13(12)17-20-6-7-25-17)16(22)11(8-19)15(21)9-2-3-9/h4-7,9,11H,2-3H2,1H3. The number of nitriles is 1. The summed E-state index contributed by atoms with van der Waals surface area (Å²) in [5.41, 5.74) is 0.0652. The highest BCUT2D eigenvalue weighted by molar-refractivity contribution is 7.90. The van der Waals surface area contributed by atoms with Crippen LogP contribution in [0, 0.1) is 23.2 Å². The van der Waals surface area contributed by atoms with Crippen LogP contribution in [0.5, 0.6) is 0 Å². The van der Waals surface area contributed by atoms with E-state index in [0.29, 0.717) is 17.8 Å². The highest BCUT2D eigenvalue weighted by Crippen LogP contribution is 2.39. The highest BCUT2D eigenvalue weighted by atomic mass is 35.5. The molecule has 1 unspecified atom stereocenters. The first-order valence-corrected chi connectivity index (χ1v) is 10.8. The summed E-state index contributed by atoms with van der Waals surface area (Å²) in [5, 5.41) is 11.2. The molecule has 1 heterocycles. The van der Waals surface area contributed by atoms with E-state index in [0.717, 1.165) is 6.26 Å². The Bertz CT molecular complexity index is 1040. The second-order valence-corrected chi connectivity index (χ2v) is 9.27. The van der Waals surface area contributed by atoms with Gasteiger partial charge in [0.1, 0.15) is 5.01 Å². The second-order valence-electron chi connectivity index (χ2n) is 6.01. The minimum absolute atomic E-state index is 0.0511. The van der Waals surface area contributed by atoms with Crippen molar-refractivity contribution in [3.8, 4) is 16.6 Å². The molecule has 1 aliphatic carbocycles. The van der Waals surface area contributed by atoms with Gasteiger partial charge in [-0.05, 0) is 25.0 Å². The summed E-state index contributed by atoms with van der Waals surface area (Å²) in [6.45, 7) is 0. The smallest absolute Gasteiger partial charge is 0.189 e. The highest BCUT2D eigenvalue weighted by Gasteiger charge is 2.39. The number of sulfone groups is 1. The lowest BCUT2D eigenvalue weighted by Gasteiger charge is -2.13. The predicted octanol–water partition coefficient (Wildman–Crippen LogP) is 3.17. The van der Waals surface area contributed by atoms with Crippen molar-refractivity contribution in [2.75, 3.05) is 6.26 Å². The second kappa shape index (κ2) is 6.91. The first kappa shape index (κ1) is 18.7. The summed E-state index contributed by atoms with van der Waals surface area (Å²) in [5.74, 6) is -2.81. The van der Waals surface area contributed by atoms with Gasteiger partial charge in [0.15, 0.2) is 27.3 Å². The van der Waals surface area contributed by atoms with Crippen LogP contribution in [0.25, 0.3) is 10.6 Å². The van der Waals surface area contributed by atoms with Crippen LogP contribution in [0.3, 0.4) is 0 Å². The molecule has 0 saturated heterocycles. The number of thiazole rings is 1. The van der Waals surface area contributed by atoms with Gasteiger partial charge in [-0.15, -0.1) is 11.3 Å². The van der Waals surface area contributed by atoms with Gasteiger partial charge in [-0.1, -0.05) is 11.6 Å². The Morgan fingerprint density at radius 3 is 2.58 bits per heavy atom. The third-order valence-electron chi connectivity index (χ3n) is 4.07. The van der Waals surface area contributed by atoms with Crippen LogP contribution in [0.2, 0.25) is 5.02 Å². The molecule has 1 aliphatic rings. The lowest BCUT2D eigenvalue weighted by molar-refractivity contribution is -0.121. The molecule has 6 nitrogen and oxygen atoms in total. The van der Waals surface area contributed by atoms with E-state index in [1.54, 1.807) is 11.4 Å². The molecule has 134 valence electrons. The molecule has 2 aromatic rings. The summed E-state index contributed by atoms with van der Waals surface area (Å²) in [7, 11) is -3.63. The molecule has 3 rings (SSSR count). The van der Waals surface area contributed by atoms with Crippen LogP contribution >= 0.6 is 22.9 Å². The largest absolute Gasteiger partial charge is 0.297 e. The normalized spacial score (nSPS) is 15.3. The zero-order valence-electron chi connectivity index (χ0n) is 13.6. The molecule has 26 heavy (non-hydrogen) atoms. The quantitative estimate of drug-likeness (QED) is 0.537. The molecule has 0 spiro atoms. The molecule has 1 aromatic heterocycles. The van der Waals surface area contributed by atoms with Crippen LogP contribution in [0.1, 0.15) is 23.2 Å². The number of halogens is 1. The molecule has 1 atom stereocenters. The summed E-state index contributed by atoms with van der Waals surface area (Å²) in [6.07, 6.45) is 3.88. The number of aromatic nitrogens is 1. The molecule has 0 amide bonds. The van der Waals surface area contributed by atoms with E-state index < -0.39 is 27.3 Å². The molecule has 9 heteroatoms. The minimum Gasteiger partial charge on any atom is -0.297 e. The minimum atomic E-state index is -3.63. The lowest BCUT2D eigenvalue weighted by atomic mass is 9.92. The van der Waals surface area contributed by atoms with Crippen LogP contribution < -0.4 is 0 Å². The van der Waals surface area contributed by atoms with E-state index in [2.05, 4.69) is 4.98 Å². The molecule has 1 aromatic carbocycles. The zero-order valence-corrected chi connectivity index (χ0v) is 16.0. The third kappa shape index (κ3) is 3.43. The zero-order chi connectivity index (χ0) is 19.1. The van der Waals surface area contributed by atoms with E-state index in [9.17, 15) is 23.3 Å². The molecule has 0 N–H and O–H groups in total. The van der Waals surface area contributed by atoms with E-state index in [-0.39, 0.29) is 27.0 Å². The van der Waals surface area contributed by atoms with E-state index in [1.807, 2.05) is 0 Å². The maximum absolute atomic E-state index is 12.8. The Kier molecular flexibility index (Phi) is 4.97. The molecule has 1 saturated carbocycles. The number of nitrogens with zero attached hydrogens (tertiary/aromatic N) is 2. The molecular weight excluding hydrogens is 396 g/mol. The number of carbonyl (C=O) groups is 2. The summed E-state index contributed by atoms with van der Waals surface area (Å²) >= 11 is 7.54. The topological polar surface area (TPSA) is 105 Å². The van der Waals surface area contributed by atoms with Crippen LogP contribution in [0.15, 0.2) is 28.6 Å². The first-order chi connectivity index (χ1) is 12.3. The SMILES string of the molecule is CS(=O)(=O)c1ccc(C(=O)C(C#N)C(=O)C2CC2)c(Cl)c1-c1nccs1. The molecule has 0 aliphatic heterocycles. The van der Waals surface area contributed by atoms with Crippen molar-refractivity contribution in [2.45, 2.75) is 17.7 Å². The lowest BCUT2D eigenvalue weighted by Crippen LogP contribution is -2.24. The van der Waals surface area contributed by atoms with Crippen molar-refractivity contribution in [1.82, 2.24) is 4.98 Å². The van der Waals surface area contributed by atoms with Crippen molar-refractivity contribution in [1.29, 1.82) is 5.26 Å². The Morgan fingerprint density at radius 2 is 2.08 bits per heavy atom. The summed E-state index contributed by atoms with van der Waals surface area (Å²) in [6, 6.07) is 4.28. The Balaban J connectivity index is 2.15. The van der Waals surface area contributed by atoms with Gasteiger partial charge in [-0.3, -0.25) is 9.59 Å². The predicted molar refractivity (Wildman–Crippen MR) is 96.8 cm³/mol. The summed E-state index contributed by atoms with van der Waals surface area (Å²) in [4.78, 5) is 29.0. The van der Waals surface area contributed by atoms with Crippen molar-refractivity contribution < 1.29 is 18.0 Å². The van der Waals surface area contributed by atoms with Crippen molar-refractivity contribution in [3.05, 3.63) is 34.3 Å². The molecule has 1 fully saturated rings. The van der Waals surface area contributed by atoms with Gasteiger partial charge in [0.05, 0.1) is 16.0 Å². The van der Waals surface area contributed by atoms with E-state index in [4.69, 9.17) is 11.6 Å². The van der Waals surface area contributed by atoms with Gasteiger partial charge >= 0.3 is 0 Å². The van der Waals surface area contributed by atoms with Crippen molar-refractivity contribution >= 4 is 44.3 Å². The molecular formula is C17H13ClN2O4S2. The molecule has 0 radical (unpaired) electrons. The average molecular weight is 409 g/mol. The number of ketones is 2. The fraction of sp³-hybridized carbons (Fsp3) is 0.294. The number of hydrogen-bond acceptors (Lipinski definition) is 7. The van der Waals surface area contributed by atoms with Crippen LogP contribution in [-0.2, 0) is 14.6 Å². The maximum atomic E-state index is 12.8. The maximum Gasteiger partial charge on any atom is 0.189 e. The molecule has 0 bridgehead atoms. The van der Waals surface area contributed by atoms with Crippen LogP contribution in [0.4, 0.5) is 0 Å². The van der Waals surface area contributed by atoms with Gasteiger partial charge in [0.25, 0.3) is 0 Å². The van der Waals surface area contributed by atoms with Gasteiger partial charge in [0, 0.05) is 34.9 Å². The first-order valence-electron chi connectivity index (χ1n) is 7.65. The number of Topliss-reactive ketones (excluding diaryl/α,β-unsaturated/α-hetero) is 2. The Labute approximate surface area is 159 Å². The number of rotatable bonds is 6. The van der Waals surface area contributed by atoms with Gasteiger partial charge in [-0.25, -0.2) is 13.4 Å². The fourth-order valence-corrected chi connectivity index (χ4v) is 4.73. The number of benzene rings is 1. The number of carbonyl (C=O) groups excluding carboxylic acids is 2. The third-order valence-corrected chi connectivity index (χ3v) is 6.39. The van der Waals surface area contributed by atoms with Gasteiger partial charge in [-0.2, -0.15) is 5.26 Å². The van der Waals surface area contributed by atoms with Crippen molar-refractivity contribution in [3.63, 3.8) is 0 Å². The van der Waals surface area contributed by atoms with Gasteiger partial charge in [0.2, 0.25) is 0 Å². The van der Waals surface area contributed by atoms with Crippen LogP contribution in [-0.4, -0.2) is 31.2 Å². The Morgan fingerprint density at radius 1 is 1.38 bits per heavy atom. The van der Waals surface area contributed by atoms with E-state index in [1.165, 1.54) is 29.7 Å². The van der Waals surface area contributed by atoms with Gasteiger partial charge < -0.3 is 0 Å². The van der Waals surface area contributed by atoms with E-state index >= 15 is 0 Å².